The van der Waals surface area contributed by atoms with Crippen LogP contribution in [-0.2, 0) is 26.1 Å². The van der Waals surface area contributed by atoms with Crippen LogP contribution >= 0.6 is 18.8 Å². The van der Waals surface area contributed by atoms with Gasteiger partial charge < -0.3 is 31.7 Å². The van der Waals surface area contributed by atoms with Gasteiger partial charge in [-0.25, -0.2) is 0 Å². The van der Waals surface area contributed by atoms with Crippen LogP contribution in [0.25, 0.3) is 0 Å². The molecule has 0 aromatic heterocycles. The van der Waals surface area contributed by atoms with Gasteiger partial charge in [0.25, 0.3) is 0 Å². The Balaban J connectivity index is -0.000000107. The molecule has 0 heterocycles. The summed E-state index contributed by atoms with van der Waals surface area (Å²) in [5, 5.41) is 19.0. The first kappa shape index (κ1) is 31.0. The Morgan fingerprint density at radius 1 is 1.00 bits per heavy atom. The van der Waals surface area contributed by atoms with Gasteiger partial charge in [-0.3, -0.25) is 0 Å². The van der Waals surface area contributed by atoms with E-state index in [1.54, 1.807) is 13.8 Å². The van der Waals surface area contributed by atoms with E-state index in [4.69, 9.17) is 24.6 Å². The van der Waals surface area contributed by atoms with Crippen LogP contribution in [0.1, 0.15) is 71.6 Å². The zero-order chi connectivity index (χ0) is 17.8. The van der Waals surface area contributed by atoms with Crippen LogP contribution in [0.3, 0.4) is 0 Å². The van der Waals surface area contributed by atoms with Gasteiger partial charge in [0.05, 0.1) is 0 Å². The molecule has 1 aliphatic rings. The molecule has 1 rings (SSSR count). The summed E-state index contributed by atoms with van der Waals surface area (Å²) in [7, 11) is 9.75. The molecule has 0 saturated heterocycles. The number of hydrogen-bond acceptors (Lipinski definition) is 6. The summed E-state index contributed by atoms with van der Waals surface area (Å²) in [4.78, 5) is 19.0. The van der Waals surface area contributed by atoms with Crippen molar-refractivity contribution in [2.24, 2.45) is 5.73 Å². The number of aliphatic carboxylic acids is 2. The Hall–Kier alpha value is 0.128. The third-order valence-electron chi connectivity index (χ3n) is 2.56. The fraction of sp³-hybridized carbons (Fsp3) is 0.857. The Morgan fingerprint density at radius 3 is 1.39 bits per heavy atom. The second-order valence-corrected chi connectivity index (χ2v) is 7.97. The van der Waals surface area contributed by atoms with Crippen molar-refractivity contribution >= 4 is 30.8 Å². The van der Waals surface area contributed by atoms with E-state index < -0.39 is 28.4 Å². The first-order chi connectivity index (χ1) is 10.3. The Bertz CT molecular complexity index is 241. The summed E-state index contributed by atoms with van der Waals surface area (Å²) >= 11 is -0.472. The molecule has 0 spiro atoms. The van der Waals surface area contributed by atoms with E-state index in [0.29, 0.717) is 18.9 Å². The Morgan fingerprint density at radius 2 is 1.30 bits per heavy atom. The number of rotatable bonds is 4. The average molecular weight is 556 g/mol. The van der Waals surface area contributed by atoms with Crippen molar-refractivity contribution in [1.29, 1.82) is 0 Å². The number of carbonyl (C=O) groups excluding carboxylic acids is 2. The monoisotopic (exact) mass is 555 g/mol. The fourth-order valence-electron chi connectivity index (χ4n) is 1.54. The third-order valence-corrected chi connectivity index (χ3v) is 2.56. The van der Waals surface area contributed by atoms with E-state index in [9.17, 15) is 19.8 Å². The molecule has 0 atom stereocenters. The number of carboxylic acid groups (broad SMARTS) is 2. The summed E-state index contributed by atoms with van der Waals surface area (Å²) in [5.41, 5.74) is 5.63. The van der Waals surface area contributed by atoms with Crippen LogP contribution in [0.4, 0.5) is 0 Å². The van der Waals surface area contributed by atoms with E-state index in [2.05, 4.69) is 0 Å². The third kappa shape index (κ3) is 44.9. The van der Waals surface area contributed by atoms with E-state index in [1.807, 2.05) is 0 Å². The second-order valence-electron chi connectivity index (χ2n) is 4.69. The second kappa shape index (κ2) is 27.0. The zero-order valence-corrected chi connectivity index (χ0v) is 17.7. The number of carboxylic acids is 2. The normalized spacial score (nSPS) is 12.9. The van der Waals surface area contributed by atoms with Crippen molar-refractivity contribution in [3.8, 4) is 0 Å². The predicted octanol–water partition coefficient (Wildman–Crippen LogP) is 1.89. The molecule has 1 aliphatic carbocycles. The number of hydrogen-bond donors (Lipinski definition) is 2. The molecule has 6 nitrogen and oxygen atoms in total. The van der Waals surface area contributed by atoms with E-state index in [0.717, 1.165) is 0 Å². The summed E-state index contributed by atoms with van der Waals surface area (Å²) in [5.74, 6) is -1.92. The molecule has 0 aromatic carbocycles. The van der Waals surface area contributed by atoms with Gasteiger partial charge in [-0.1, -0.05) is 46.0 Å². The van der Waals surface area contributed by atoms with Gasteiger partial charge in [0.15, 0.2) is 0 Å². The van der Waals surface area contributed by atoms with E-state index >= 15 is 0 Å². The van der Waals surface area contributed by atoms with Gasteiger partial charge in [0, 0.05) is 18.0 Å². The number of carbonyl (C=O) groups is 2. The molecule has 1 fully saturated rings. The first-order valence-corrected chi connectivity index (χ1v) is 13.0. The molecule has 0 unspecified atom stereocenters. The van der Waals surface area contributed by atoms with Crippen molar-refractivity contribution in [2.45, 2.75) is 77.7 Å². The zero-order valence-electron chi connectivity index (χ0n) is 13.9. The van der Waals surface area contributed by atoms with Crippen LogP contribution in [0.2, 0.25) is 0 Å². The van der Waals surface area contributed by atoms with Crippen molar-refractivity contribution in [2.75, 3.05) is 0 Å². The molecule has 9 heteroatoms. The van der Waals surface area contributed by atoms with Crippen molar-refractivity contribution in [3.63, 3.8) is 0 Å². The number of halogens is 2. The summed E-state index contributed by atoms with van der Waals surface area (Å²) in [6.45, 7) is 3.60. The van der Waals surface area contributed by atoms with Crippen LogP contribution in [-0.4, -0.2) is 18.0 Å². The van der Waals surface area contributed by atoms with Crippen molar-refractivity contribution in [1.82, 2.24) is 6.15 Å². The van der Waals surface area contributed by atoms with Crippen LogP contribution in [0.15, 0.2) is 0 Å². The fourth-order valence-corrected chi connectivity index (χ4v) is 1.54. The standard InChI is InChI=1S/C6H13N.2C4H8O2.2ClH.H3N.Pt/c7-6-4-2-1-3-5-6;2*1-2-3-4(5)6;;;;/h6H,1-5,7H2;2*2-3H2,1H3,(H,5,6);2*1H;1H3;/q;;;;;;+4/p-4. The Kier molecular flexibility index (Phi) is 36.3. The van der Waals surface area contributed by atoms with Gasteiger partial charge in [-0.15, -0.1) is 0 Å². The van der Waals surface area contributed by atoms with Crippen LogP contribution in [0, 0.1) is 0 Å². The Labute approximate surface area is 156 Å². The topological polar surface area (TPSA) is 141 Å². The van der Waals surface area contributed by atoms with Gasteiger partial charge in [-0.2, -0.15) is 0 Å². The van der Waals surface area contributed by atoms with Gasteiger partial charge in [0.1, 0.15) is 0 Å². The molecule has 23 heavy (non-hydrogen) atoms. The maximum atomic E-state index is 9.49. The predicted molar refractivity (Wildman–Crippen MR) is 87.6 cm³/mol. The molecular weight excluding hydrogens is 526 g/mol. The molecule has 0 bridgehead atoms. The SMILES string of the molecule is CCCC(=O)[O-].CCCC(=O)[O-].N.NC1CCCCC1.[Cl][Pt+2][Cl]. The van der Waals surface area contributed by atoms with E-state index in [-0.39, 0.29) is 19.0 Å². The van der Waals surface area contributed by atoms with E-state index in [1.165, 1.54) is 32.1 Å². The minimum atomic E-state index is -0.961. The molecule has 5 N–H and O–H groups in total. The molecule has 1 saturated carbocycles. The van der Waals surface area contributed by atoms with Crippen LogP contribution < -0.4 is 22.1 Å². The van der Waals surface area contributed by atoms with Gasteiger partial charge >= 0.3 is 35.3 Å². The minimum absolute atomic E-state index is 0. The summed E-state index contributed by atoms with van der Waals surface area (Å²) < 4.78 is 0. The van der Waals surface area contributed by atoms with Crippen molar-refractivity contribution < 1.29 is 36.3 Å². The molecule has 0 aliphatic heterocycles. The van der Waals surface area contributed by atoms with Gasteiger partial charge in [-0.05, 0) is 25.7 Å². The average Bonchev–Trinajstić information content (AvgIpc) is 2.41. The molecule has 0 aromatic rings. The quantitative estimate of drug-likeness (QED) is 0.542. The van der Waals surface area contributed by atoms with Gasteiger partial charge in [0.2, 0.25) is 0 Å². The maximum absolute atomic E-state index is 9.49. The molecule has 0 radical (unpaired) electrons. The van der Waals surface area contributed by atoms with Crippen LogP contribution in [0.5, 0.6) is 0 Å². The summed E-state index contributed by atoms with van der Waals surface area (Å²) in [6, 6.07) is 0.536. The van der Waals surface area contributed by atoms with Crippen molar-refractivity contribution in [3.05, 3.63) is 0 Å². The summed E-state index contributed by atoms with van der Waals surface area (Å²) in [6.07, 6.45) is 8.36. The molecular formula is C14H30Cl2N2O4Pt. The molecule has 0 amide bonds. The molecule has 144 valence electrons. The first-order valence-electron chi connectivity index (χ1n) is 7.33. The number of nitrogens with two attached hydrogens (primary N) is 1.